The Morgan fingerprint density at radius 3 is 1.13 bits per heavy atom. The fourth-order valence-electron chi connectivity index (χ4n) is 10.4. The molecule has 20 nitrogen and oxygen atoms in total. The molecule has 21 heteroatoms. The molecule has 12 aromatic rings. The minimum atomic E-state index is -1.89. The monoisotopic (exact) mass is 1280 g/mol. The molecule has 0 saturated carbocycles. The van der Waals surface area contributed by atoms with Crippen LogP contribution in [-0.2, 0) is 25.6 Å². The first kappa shape index (κ1) is 66.4. The molecule has 94 heavy (non-hydrogen) atoms. The molecule has 0 amide bonds. The Kier molecular flexibility index (Phi) is 20.8. The summed E-state index contributed by atoms with van der Waals surface area (Å²) in [4.78, 5) is 18.1. The highest BCUT2D eigenvalue weighted by Crippen LogP contribution is 2.40. The van der Waals surface area contributed by atoms with Gasteiger partial charge in [-0.25, -0.2) is 0 Å². The summed E-state index contributed by atoms with van der Waals surface area (Å²) in [5.41, 5.74) is 14.7. The molecule has 0 bridgehead atoms. The van der Waals surface area contributed by atoms with Crippen LogP contribution in [0.15, 0.2) is 183 Å². The predicted octanol–water partition coefficient (Wildman–Crippen LogP) is 15.0. The number of fused-ring (bicyclic) bond motifs is 3. The zero-order valence-corrected chi connectivity index (χ0v) is 56.9. The number of rotatable bonds is 21. The summed E-state index contributed by atoms with van der Waals surface area (Å²) in [6, 6.07) is 42.2. The second-order valence-electron chi connectivity index (χ2n) is 24.0. The van der Waals surface area contributed by atoms with Crippen molar-refractivity contribution in [2.45, 2.75) is 38.9 Å². The molecule has 6 heterocycles. The lowest BCUT2D eigenvalue weighted by molar-refractivity contribution is 0.297. The second kappa shape index (κ2) is 29.4. The zero-order valence-electron chi connectivity index (χ0n) is 55.9. The number of aliphatic hydroxyl groups excluding tert-OH is 1. The van der Waals surface area contributed by atoms with Crippen molar-refractivity contribution in [3.63, 3.8) is 0 Å². The number of benzene rings is 6. The molecule has 0 aliphatic carbocycles. The molecule has 2 N–H and O–H groups in total. The van der Waals surface area contributed by atoms with Crippen molar-refractivity contribution in [1.29, 1.82) is 0 Å². The molecule has 486 valence electrons. The molecule has 6 aromatic heterocycles. The van der Waals surface area contributed by atoms with Crippen molar-refractivity contribution in [2.75, 3.05) is 84.1 Å². The highest BCUT2D eigenvalue weighted by Gasteiger charge is 2.37. The molecule has 0 atom stereocenters. The standard InChI is InChI=1S/C29H38N4O3Si.C23H24N4O3.C21H20N4O2/c1-29(2,3)37(7,8)36-12-11-33(25-15-26(34-5)17-27(16-25)35-6)24-9-10-28-21(14-24)13-22(18-30-28)23-19-31-32(4)20-23;1-26-15-18(14-25-26)17-8-16-9-19(4-5-23(16)24-13-17)27(6-7-28)20-10-21(29-2)12-22(11-20)30-3;1-25-13-16(12-23-25)15-6-14-7-17(4-5-21(14)22-11-15)24-18-8-19(26-2)10-20(9-18)27-3/h9-10,13-20H,11-12H2,1-8H3;4-5,8-15,28H,6-7H2,1-3H3;4-13,24H,1-3H3. The van der Waals surface area contributed by atoms with Gasteiger partial charge in [-0.1, -0.05) is 20.8 Å². The van der Waals surface area contributed by atoms with Crippen LogP contribution in [0.25, 0.3) is 66.1 Å². The normalized spacial score (nSPS) is 11.4. The topological polar surface area (TPSA) is 195 Å². The van der Waals surface area contributed by atoms with Crippen LogP contribution < -0.4 is 43.5 Å². The average molecular weight is 1280 g/mol. The van der Waals surface area contributed by atoms with E-state index in [-0.39, 0.29) is 11.6 Å². The molecule has 0 radical (unpaired) electrons. The number of hydrogen-bond donors (Lipinski definition) is 2. The smallest absolute Gasteiger partial charge is 0.192 e. The van der Waals surface area contributed by atoms with Gasteiger partial charge in [-0.3, -0.25) is 29.0 Å². The van der Waals surface area contributed by atoms with Crippen LogP contribution >= 0.6 is 0 Å². The summed E-state index contributed by atoms with van der Waals surface area (Å²) in [5.74, 6) is 4.33. The predicted molar refractivity (Wildman–Crippen MR) is 378 cm³/mol. The number of nitrogens with one attached hydrogen (secondary N) is 1. The Morgan fingerprint density at radius 1 is 0.415 bits per heavy atom. The van der Waals surface area contributed by atoms with Crippen LogP contribution in [0.1, 0.15) is 20.8 Å². The summed E-state index contributed by atoms with van der Waals surface area (Å²) < 4.78 is 44.6. The maximum absolute atomic E-state index is 9.69. The van der Waals surface area contributed by atoms with E-state index in [1.54, 1.807) is 56.7 Å². The zero-order chi connectivity index (χ0) is 66.7. The van der Waals surface area contributed by atoms with Crippen LogP contribution in [-0.4, -0.2) is 127 Å². The Bertz CT molecular complexity index is 4490. The third kappa shape index (κ3) is 16.0. The largest absolute Gasteiger partial charge is 0.497 e. The number of pyridine rings is 3. The fourth-order valence-corrected chi connectivity index (χ4v) is 11.5. The molecule has 0 aliphatic rings. The Morgan fingerprint density at radius 2 is 0.777 bits per heavy atom. The van der Waals surface area contributed by atoms with Gasteiger partial charge in [0.2, 0.25) is 0 Å². The highest BCUT2D eigenvalue weighted by molar-refractivity contribution is 6.74. The molecule has 12 rings (SSSR count). The van der Waals surface area contributed by atoms with Crippen molar-refractivity contribution >= 4 is 75.2 Å². The average Bonchev–Trinajstić information content (AvgIpc) is 1.08. The van der Waals surface area contributed by atoms with Gasteiger partial charge in [0.15, 0.2) is 8.32 Å². The molecule has 6 aromatic carbocycles. The first-order valence-electron chi connectivity index (χ1n) is 30.7. The molecule has 0 aliphatic heterocycles. The summed E-state index contributed by atoms with van der Waals surface area (Å²) in [6.07, 6.45) is 17.1. The van der Waals surface area contributed by atoms with Crippen molar-refractivity contribution in [3.05, 3.63) is 183 Å². The number of methoxy groups -OCH3 is 6. The van der Waals surface area contributed by atoms with E-state index in [9.17, 15) is 5.11 Å². The number of aryl methyl sites for hydroxylation is 3. The maximum Gasteiger partial charge on any atom is 0.192 e. The summed E-state index contributed by atoms with van der Waals surface area (Å²) >= 11 is 0. The van der Waals surface area contributed by atoms with Gasteiger partial charge in [0.1, 0.15) is 34.5 Å². The van der Waals surface area contributed by atoms with Gasteiger partial charge in [-0.05, 0) is 90.9 Å². The molecule has 0 spiro atoms. The third-order valence-corrected chi connectivity index (χ3v) is 21.1. The van der Waals surface area contributed by atoms with Crippen LogP contribution in [0.3, 0.4) is 0 Å². The van der Waals surface area contributed by atoms with Crippen molar-refractivity contribution < 1.29 is 38.0 Å². The van der Waals surface area contributed by atoms with Gasteiger partial charge >= 0.3 is 0 Å². The maximum atomic E-state index is 9.69. The van der Waals surface area contributed by atoms with Crippen LogP contribution in [0, 0.1) is 0 Å². The van der Waals surface area contributed by atoms with Crippen LogP contribution in [0.5, 0.6) is 34.5 Å². The Balaban J connectivity index is 0.000000156. The van der Waals surface area contributed by atoms with Crippen LogP contribution in [0.4, 0.5) is 34.1 Å². The molecule has 0 unspecified atom stereocenters. The van der Waals surface area contributed by atoms with Crippen molar-refractivity contribution in [3.8, 4) is 67.9 Å². The second-order valence-corrected chi connectivity index (χ2v) is 28.9. The van der Waals surface area contributed by atoms with Gasteiger partial charge in [0.05, 0.1) is 91.0 Å². The minimum Gasteiger partial charge on any atom is -0.497 e. The number of ether oxygens (including phenoxy) is 6. The number of aromatic nitrogens is 9. The van der Waals surface area contributed by atoms with Crippen LogP contribution in [0.2, 0.25) is 18.1 Å². The van der Waals surface area contributed by atoms with E-state index in [1.807, 2.05) is 161 Å². The van der Waals surface area contributed by atoms with Gasteiger partial charge in [-0.15, -0.1) is 0 Å². The van der Waals surface area contributed by atoms with E-state index in [4.69, 9.17) is 37.8 Å². The number of nitrogens with zero attached hydrogens (tertiary/aromatic N) is 11. The lowest BCUT2D eigenvalue weighted by atomic mass is 10.1. The van der Waals surface area contributed by atoms with E-state index in [0.29, 0.717) is 31.2 Å². The summed E-state index contributed by atoms with van der Waals surface area (Å²) in [5, 5.41) is 29.1. The fraction of sp³-hybridized carbons (Fsp3) is 0.260. The molecule has 0 saturated heterocycles. The van der Waals surface area contributed by atoms with E-state index in [2.05, 4.69) is 118 Å². The number of anilines is 6. The third-order valence-electron chi connectivity index (χ3n) is 16.6. The highest BCUT2D eigenvalue weighted by atomic mass is 28.4. The SMILES string of the molecule is COc1cc(Nc2ccc3ncc(-c4cnn(C)c4)cc3c2)cc(OC)c1.COc1cc(OC)cc(N(CCO)c2ccc3ncc(-c4cnn(C)c4)cc3c2)c1.COc1cc(OC)cc(N(CCO[Si](C)(C)C(C)(C)C)c2ccc3ncc(-c4cnn(C)c4)cc3c2)c1. The van der Waals surface area contributed by atoms with E-state index >= 15 is 0 Å². The number of hydrogen-bond acceptors (Lipinski definition) is 17. The first-order valence-corrected chi connectivity index (χ1v) is 33.6. The van der Waals surface area contributed by atoms with E-state index in [1.165, 1.54) is 0 Å². The van der Waals surface area contributed by atoms with Crippen molar-refractivity contribution in [1.82, 2.24) is 44.3 Å². The molecular formula is C73H82N12O8Si. The lowest BCUT2D eigenvalue weighted by Crippen LogP contribution is -2.42. The molecular weight excluding hydrogens is 1200 g/mol. The quantitative estimate of drug-likeness (QED) is 0.0644. The van der Waals surface area contributed by atoms with Gasteiger partial charge in [0, 0.05) is 210 Å². The number of aliphatic hydroxyl groups is 1. The Hall–Kier alpha value is -10.5. The van der Waals surface area contributed by atoms with Crippen molar-refractivity contribution in [2.24, 2.45) is 21.1 Å². The first-order chi connectivity index (χ1) is 45.2. The van der Waals surface area contributed by atoms with Gasteiger partial charge < -0.3 is 53.1 Å². The van der Waals surface area contributed by atoms with Gasteiger partial charge in [-0.2, -0.15) is 15.3 Å². The summed E-state index contributed by atoms with van der Waals surface area (Å²) in [7, 11) is 13.7. The summed E-state index contributed by atoms with van der Waals surface area (Å²) in [6.45, 7) is 13.1. The molecule has 0 fully saturated rings. The van der Waals surface area contributed by atoms with E-state index < -0.39 is 8.32 Å². The van der Waals surface area contributed by atoms with E-state index in [0.717, 1.165) is 123 Å². The van der Waals surface area contributed by atoms with Gasteiger partial charge in [0.25, 0.3) is 0 Å². The Labute approximate surface area is 550 Å². The lowest BCUT2D eigenvalue weighted by Gasteiger charge is -2.37. The minimum absolute atomic E-state index is 0.00549.